The third kappa shape index (κ3) is 3.06. The Bertz CT molecular complexity index is 383. The van der Waals surface area contributed by atoms with Crippen LogP contribution in [-0.2, 0) is 4.74 Å². The summed E-state index contributed by atoms with van der Waals surface area (Å²) in [6, 6.07) is 1.30. The van der Waals surface area contributed by atoms with Crippen molar-refractivity contribution < 1.29 is 29.3 Å². The van der Waals surface area contributed by atoms with Gasteiger partial charge in [-0.05, 0) is 19.9 Å². The first-order valence-electron chi connectivity index (χ1n) is 5.25. The first-order chi connectivity index (χ1) is 8.01. The van der Waals surface area contributed by atoms with Crippen LogP contribution in [0, 0.1) is 6.92 Å². The maximum Gasteiger partial charge on any atom is 0.341 e. The minimum atomic E-state index is -1.37. The second kappa shape index (κ2) is 5.81. The Kier molecular flexibility index (Phi) is 4.68. The quantitative estimate of drug-likeness (QED) is 0.637. The molecule has 6 nitrogen and oxygen atoms in total. The van der Waals surface area contributed by atoms with Gasteiger partial charge in [-0.15, -0.1) is 0 Å². The monoisotopic (exact) mass is 244 g/mol. The number of esters is 1. The van der Waals surface area contributed by atoms with E-state index in [-0.39, 0.29) is 17.9 Å². The lowest BCUT2D eigenvalue weighted by Crippen LogP contribution is -2.21. The normalized spacial score (nSPS) is 14.4. The first kappa shape index (κ1) is 13.7. The molecule has 0 bridgehead atoms. The summed E-state index contributed by atoms with van der Waals surface area (Å²) in [6.07, 6.45) is -2.72. The van der Waals surface area contributed by atoms with Crippen LogP contribution in [0.25, 0.3) is 0 Å². The molecule has 0 aromatic carbocycles. The molecule has 1 aromatic heterocycles. The summed E-state index contributed by atoms with van der Waals surface area (Å²) in [6.45, 7) is 2.86. The number of aliphatic hydroxyl groups is 3. The topological polar surface area (TPSA) is 100 Å². The number of carbonyl (C=O) groups excluding carboxylic acids is 1. The molecule has 2 atom stereocenters. The van der Waals surface area contributed by atoms with Crippen molar-refractivity contribution in [2.45, 2.75) is 26.1 Å². The van der Waals surface area contributed by atoms with Gasteiger partial charge in [0.15, 0.2) is 0 Å². The smallest absolute Gasteiger partial charge is 0.341 e. The molecule has 0 unspecified atom stereocenters. The SMILES string of the molecule is CCOC(=O)c1cc([C@@H](O)[C@H](O)CO)oc1C. The fraction of sp³-hybridized carbons (Fsp3) is 0.545. The number of hydrogen-bond acceptors (Lipinski definition) is 6. The number of aliphatic hydroxyl groups excluding tert-OH is 3. The molecule has 0 saturated heterocycles. The molecule has 17 heavy (non-hydrogen) atoms. The second-order valence-electron chi connectivity index (χ2n) is 3.53. The summed E-state index contributed by atoms with van der Waals surface area (Å²) in [5.74, 6) is -0.236. The van der Waals surface area contributed by atoms with E-state index >= 15 is 0 Å². The summed E-state index contributed by atoms with van der Waals surface area (Å²) < 4.78 is 9.94. The number of furan rings is 1. The summed E-state index contributed by atoms with van der Waals surface area (Å²) in [4.78, 5) is 11.5. The summed E-state index contributed by atoms with van der Waals surface area (Å²) in [5, 5.41) is 27.5. The fourth-order valence-electron chi connectivity index (χ4n) is 1.35. The molecule has 0 saturated carbocycles. The maximum atomic E-state index is 11.5. The van der Waals surface area contributed by atoms with Crippen LogP contribution in [0.5, 0.6) is 0 Å². The van der Waals surface area contributed by atoms with Crippen LogP contribution >= 0.6 is 0 Å². The standard InChI is InChI=1S/C11H16O6/c1-3-16-11(15)7-4-9(17-6(7)2)10(14)8(13)5-12/h4,8,10,12-14H,3,5H2,1-2H3/t8-,10+/m1/s1. The lowest BCUT2D eigenvalue weighted by atomic mass is 10.1. The summed E-state index contributed by atoms with van der Waals surface area (Å²) in [7, 11) is 0. The van der Waals surface area contributed by atoms with Gasteiger partial charge in [0.1, 0.15) is 29.3 Å². The minimum absolute atomic E-state index is 0.0205. The van der Waals surface area contributed by atoms with Gasteiger partial charge < -0.3 is 24.5 Å². The van der Waals surface area contributed by atoms with Crippen molar-refractivity contribution in [1.82, 2.24) is 0 Å². The zero-order valence-corrected chi connectivity index (χ0v) is 9.71. The van der Waals surface area contributed by atoms with E-state index in [0.29, 0.717) is 5.76 Å². The lowest BCUT2D eigenvalue weighted by molar-refractivity contribution is -0.0254. The Balaban J connectivity index is 2.91. The van der Waals surface area contributed by atoms with Crippen molar-refractivity contribution in [3.8, 4) is 0 Å². The number of ether oxygens (including phenoxy) is 1. The third-order valence-corrected chi connectivity index (χ3v) is 2.28. The molecule has 6 heteroatoms. The molecule has 96 valence electrons. The van der Waals surface area contributed by atoms with Gasteiger partial charge in [0.05, 0.1) is 13.2 Å². The van der Waals surface area contributed by atoms with Gasteiger partial charge in [0.2, 0.25) is 0 Å². The van der Waals surface area contributed by atoms with E-state index in [1.54, 1.807) is 13.8 Å². The van der Waals surface area contributed by atoms with Crippen LogP contribution < -0.4 is 0 Å². The van der Waals surface area contributed by atoms with Crippen molar-refractivity contribution in [1.29, 1.82) is 0 Å². The molecule has 1 heterocycles. The molecule has 0 fully saturated rings. The molecule has 0 aliphatic carbocycles. The van der Waals surface area contributed by atoms with Crippen LogP contribution in [0.1, 0.15) is 34.9 Å². The zero-order valence-electron chi connectivity index (χ0n) is 9.71. The molecule has 3 N–H and O–H groups in total. The average Bonchev–Trinajstić information content (AvgIpc) is 2.69. The molecule has 0 aliphatic rings. The Morgan fingerprint density at radius 1 is 1.53 bits per heavy atom. The molecule has 0 amide bonds. The molecule has 0 radical (unpaired) electrons. The number of carbonyl (C=O) groups is 1. The van der Waals surface area contributed by atoms with Crippen LogP contribution in [0.2, 0.25) is 0 Å². The average molecular weight is 244 g/mol. The van der Waals surface area contributed by atoms with Crippen molar-refractivity contribution >= 4 is 5.97 Å². The summed E-state index contributed by atoms with van der Waals surface area (Å²) in [5.41, 5.74) is 0.200. The van der Waals surface area contributed by atoms with Gasteiger partial charge in [0, 0.05) is 0 Å². The van der Waals surface area contributed by atoms with E-state index in [9.17, 15) is 15.0 Å². The Hall–Kier alpha value is -1.37. The van der Waals surface area contributed by atoms with Gasteiger partial charge in [0.25, 0.3) is 0 Å². The Morgan fingerprint density at radius 3 is 2.71 bits per heavy atom. The van der Waals surface area contributed by atoms with E-state index in [4.69, 9.17) is 14.3 Å². The maximum absolute atomic E-state index is 11.5. The van der Waals surface area contributed by atoms with Gasteiger partial charge >= 0.3 is 5.97 Å². The molecule has 0 spiro atoms. The van der Waals surface area contributed by atoms with Gasteiger partial charge in [-0.2, -0.15) is 0 Å². The minimum Gasteiger partial charge on any atom is -0.463 e. The van der Waals surface area contributed by atoms with E-state index in [0.717, 1.165) is 0 Å². The van der Waals surface area contributed by atoms with Crippen LogP contribution in [0.3, 0.4) is 0 Å². The van der Waals surface area contributed by atoms with Crippen molar-refractivity contribution in [2.75, 3.05) is 13.2 Å². The van der Waals surface area contributed by atoms with E-state index in [1.165, 1.54) is 6.07 Å². The van der Waals surface area contributed by atoms with E-state index < -0.39 is 24.8 Å². The highest BCUT2D eigenvalue weighted by Crippen LogP contribution is 2.23. The van der Waals surface area contributed by atoms with Gasteiger partial charge in [-0.1, -0.05) is 0 Å². The predicted molar refractivity (Wildman–Crippen MR) is 57.5 cm³/mol. The second-order valence-corrected chi connectivity index (χ2v) is 3.53. The third-order valence-electron chi connectivity index (χ3n) is 2.28. The Labute approximate surface area is 98.4 Å². The molecule has 0 aliphatic heterocycles. The van der Waals surface area contributed by atoms with Gasteiger partial charge in [-0.3, -0.25) is 0 Å². The lowest BCUT2D eigenvalue weighted by Gasteiger charge is -2.12. The fourth-order valence-corrected chi connectivity index (χ4v) is 1.35. The number of rotatable bonds is 5. The zero-order chi connectivity index (χ0) is 13.0. The van der Waals surface area contributed by atoms with E-state index in [2.05, 4.69) is 0 Å². The largest absolute Gasteiger partial charge is 0.463 e. The molecular weight excluding hydrogens is 228 g/mol. The Morgan fingerprint density at radius 2 is 2.18 bits per heavy atom. The molecule has 1 rings (SSSR count). The van der Waals surface area contributed by atoms with Crippen molar-refractivity contribution in [2.24, 2.45) is 0 Å². The van der Waals surface area contributed by atoms with Crippen LogP contribution in [0.15, 0.2) is 10.5 Å². The van der Waals surface area contributed by atoms with Crippen molar-refractivity contribution in [3.63, 3.8) is 0 Å². The number of aryl methyl sites for hydroxylation is 1. The van der Waals surface area contributed by atoms with Crippen molar-refractivity contribution in [3.05, 3.63) is 23.2 Å². The highest BCUT2D eigenvalue weighted by molar-refractivity contribution is 5.90. The van der Waals surface area contributed by atoms with Gasteiger partial charge in [-0.25, -0.2) is 4.79 Å². The summed E-state index contributed by atoms with van der Waals surface area (Å²) >= 11 is 0. The highest BCUT2D eigenvalue weighted by atomic mass is 16.5. The highest BCUT2D eigenvalue weighted by Gasteiger charge is 2.24. The number of hydrogen-bond donors (Lipinski definition) is 3. The van der Waals surface area contributed by atoms with E-state index in [1.807, 2.05) is 0 Å². The van der Waals surface area contributed by atoms with Crippen LogP contribution in [0.4, 0.5) is 0 Å². The molecular formula is C11H16O6. The molecule has 1 aromatic rings. The van der Waals surface area contributed by atoms with Crippen LogP contribution in [-0.4, -0.2) is 40.6 Å². The first-order valence-corrected chi connectivity index (χ1v) is 5.25. The predicted octanol–water partition coefficient (Wildman–Crippen LogP) is 0.151.